The zero-order valence-electron chi connectivity index (χ0n) is 18.3. The van der Waals surface area contributed by atoms with Crippen LogP contribution in [-0.2, 0) is 42.9 Å². The fraction of sp³-hybridized carbons (Fsp3) is 0.476. The monoisotopic (exact) mass is 468 g/mol. The summed E-state index contributed by atoms with van der Waals surface area (Å²) < 4.78 is 32.3. The molecule has 0 aromatic heterocycles. The number of aromatic hydroxyl groups is 1. The Balaban J connectivity index is 2.47. The number of carbonyl (C=O) groups is 5. The van der Waals surface area contributed by atoms with E-state index in [0.717, 1.165) is 33.8 Å². The van der Waals surface area contributed by atoms with Gasteiger partial charge in [0.2, 0.25) is 12.4 Å². The van der Waals surface area contributed by atoms with Gasteiger partial charge in [-0.15, -0.1) is 0 Å². The topological polar surface area (TPSA) is 161 Å². The molecule has 1 aliphatic heterocycles. The summed E-state index contributed by atoms with van der Waals surface area (Å²) in [5.74, 6) is -3.35. The molecule has 0 radical (unpaired) electrons. The normalized spacial score (nSPS) is 24.2. The van der Waals surface area contributed by atoms with E-state index in [9.17, 15) is 29.1 Å². The largest absolute Gasteiger partial charge is 0.507 e. The smallest absolute Gasteiger partial charge is 0.303 e. The van der Waals surface area contributed by atoms with E-state index in [1.54, 1.807) is 0 Å². The van der Waals surface area contributed by atoms with Crippen LogP contribution in [0.15, 0.2) is 18.2 Å². The van der Waals surface area contributed by atoms with Gasteiger partial charge >= 0.3 is 23.9 Å². The molecule has 0 spiro atoms. The van der Waals surface area contributed by atoms with Gasteiger partial charge in [-0.1, -0.05) is 0 Å². The summed E-state index contributed by atoms with van der Waals surface area (Å²) in [5, 5.41) is 9.92. The first-order valence-corrected chi connectivity index (χ1v) is 9.77. The molecular weight excluding hydrogens is 444 g/mol. The third-order valence-electron chi connectivity index (χ3n) is 4.33. The lowest BCUT2D eigenvalue weighted by Crippen LogP contribution is -2.63. The van der Waals surface area contributed by atoms with Gasteiger partial charge in [-0.3, -0.25) is 24.0 Å². The van der Waals surface area contributed by atoms with Crippen molar-refractivity contribution < 1.29 is 57.5 Å². The van der Waals surface area contributed by atoms with Crippen LogP contribution in [0, 0.1) is 0 Å². The number of esters is 4. The van der Waals surface area contributed by atoms with Gasteiger partial charge in [-0.2, -0.15) is 0 Å². The third kappa shape index (κ3) is 7.17. The third-order valence-corrected chi connectivity index (χ3v) is 4.33. The van der Waals surface area contributed by atoms with Gasteiger partial charge in [0.25, 0.3) is 0 Å². The maximum absolute atomic E-state index is 11.8. The Labute approximate surface area is 188 Å². The molecule has 1 aromatic carbocycles. The number of phenols is 1. The number of aldehydes is 1. The van der Waals surface area contributed by atoms with E-state index in [1.165, 1.54) is 12.1 Å². The van der Waals surface area contributed by atoms with Crippen LogP contribution in [0.3, 0.4) is 0 Å². The summed E-state index contributed by atoms with van der Waals surface area (Å²) in [7, 11) is 0. The molecule has 0 amide bonds. The van der Waals surface area contributed by atoms with Crippen molar-refractivity contribution in [2.45, 2.75) is 58.4 Å². The SMILES string of the molecule is CC(=O)OC[C@H]1O[C@@H](Oc2ccc(C=O)c(O)c2)[C@H](OC(C)=O)[C@@H](OC(C)=O)[C@@H]1OC(C)=O. The molecule has 1 N–H and O–H groups in total. The van der Waals surface area contributed by atoms with Crippen molar-refractivity contribution in [1.82, 2.24) is 0 Å². The lowest BCUT2D eigenvalue weighted by molar-refractivity contribution is -0.288. The van der Waals surface area contributed by atoms with Crippen LogP contribution in [-0.4, -0.2) is 72.6 Å². The van der Waals surface area contributed by atoms with Crippen LogP contribution in [0.5, 0.6) is 11.5 Å². The second-order valence-electron chi connectivity index (χ2n) is 7.02. The first kappa shape index (κ1) is 25.6. The van der Waals surface area contributed by atoms with Crippen LogP contribution in [0.1, 0.15) is 38.1 Å². The average molecular weight is 468 g/mol. The van der Waals surface area contributed by atoms with E-state index >= 15 is 0 Å². The molecule has 12 nitrogen and oxygen atoms in total. The van der Waals surface area contributed by atoms with Crippen LogP contribution in [0.25, 0.3) is 0 Å². The van der Waals surface area contributed by atoms with Crippen molar-refractivity contribution in [1.29, 1.82) is 0 Å². The molecule has 0 aliphatic carbocycles. The number of hydrogen-bond donors (Lipinski definition) is 1. The minimum Gasteiger partial charge on any atom is -0.507 e. The van der Waals surface area contributed by atoms with E-state index in [0.29, 0.717) is 6.29 Å². The zero-order valence-corrected chi connectivity index (χ0v) is 18.3. The van der Waals surface area contributed by atoms with Crippen molar-refractivity contribution in [3.05, 3.63) is 23.8 Å². The maximum Gasteiger partial charge on any atom is 0.303 e. The molecule has 1 aromatic rings. The Morgan fingerprint density at radius 3 is 2.00 bits per heavy atom. The summed E-state index contributed by atoms with van der Waals surface area (Å²) in [6, 6.07) is 3.75. The van der Waals surface area contributed by atoms with E-state index in [1.807, 2.05) is 0 Å². The van der Waals surface area contributed by atoms with Crippen molar-refractivity contribution in [3.63, 3.8) is 0 Å². The van der Waals surface area contributed by atoms with E-state index in [4.69, 9.17) is 28.4 Å². The van der Waals surface area contributed by atoms with Gasteiger partial charge in [-0.25, -0.2) is 0 Å². The predicted octanol–water partition coefficient (Wildman–Crippen LogP) is 0.667. The number of ether oxygens (including phenoxy) is 6. The minimum absolute atomic E-state index is 0.00361. The molecule has 1 fully saturated rings. The molecule has 180 valence electrons. The summed E-state index contributed by atoms with van der Waals surface area (Å²) in [4.78, 5) is 57.5. The second-order valence-corrected chi connectivity index (χ2v) is 7.02. The highest BCUT2D eigenvalue weighted by molar-refractivity contribution is 5.79. The molecule has 1 aliphatic rings. The lowest BCUT2D eigenvalue weighted by atomic mass is 9.98. The molecule has 5 atom stereocenters. The number of phenolic OH excluding ortho intramolecular Hbond substituents is 1. The van der Waals surface area contributed by atoms with Gasteiger partial charge in [0, 0.05) is 33.8 Å². The molecular formula is C21H24O12. The number of benzene rings is 1. The Morgan fingerprint density at radius 1 is 0.909 bits per heavy atom. The van der Waals surface area contributed by atoms with E-state index < -0.39 is 61.2 Å². The van der Waals surface area contributed by atoms with Crippen molar-refractivity contribution >= 4 is 30.2 Å². The Kier molecular flexibility index (Phi) is 8.74. The molecule has 1 heterocycles. The molecule has 0 unspecified atom stereocenters. The molecule has 0 bridgehead atoms. The zero-order chi connectivity index (χ0) is 24.7. The van der Waals surface area contributed by atoms with Crippen molar-refractivity contribution in [2.75, 3.05) is 6.61 Å². The first-order chi connectivity index (χ1) is 15.5. The molecule has 0 saturated carbocycles. The van der Waals surface area contributed by atoms with Gasteiger partial charge in [-0.05, 0) is 12.1 Å². The predicted molar refractivity (Wildman–Crippen MR) is 106 cm³/mol. The van der Waals surface area contributed by atoms with Crippen molar-refractivity contribution in [2.24, 2.45) is 0 Å². The van der Waals surface area contributed by atoms with Gasteiger partial charge in [0.05, 0.1) is 5.56 Å². The number of hydrogen-bond acceptors (Lipinski definition) is 12. The van der Waals surface area contributed by atoms with E-state index in [2.05, 4.69) is 0 Å². The summed E-state index contributed by atoms with van der Waals surface area (Å²) >= 11 is 0. The Hall–Kier alpha value is -3.67. The quantitative estimate of drug-likeness (QED) is 0.323. The highest BCUT2D eigenvalue weighted by atomic mass is 16.7. The molecule has 33 heavy (non-hydrogen) atoms. The fourth-order valence-electron chi connectivity index (χ4n) is 3.11. The summed E-state index contributed by atoms with van der Waals surface area (Å²) in [6.07, 6.45) is -6.32. The molecule has 12 heteroatoms. The highest BCUT2D eigenvalue weighted by Gasteiger charge is 2.53. The van der Waals surface area contributed by atoms with Gasteiger partial charge < -0.3 is 33.5 Å². The number of rotatable bonds is 8. The molecule has 1 saturated heterocycles. The Morgan fingerprint density at radius 2 is 1.48 bits per heavy atom. The fourth-order valence-corrected chi connectivity index (χ4v) is 3.11. The van der Waals surface area contributed by atoms with Crippen LogP contribution >= 0.6 is 0 Å². The van der Waals surface area contributed by atoms with Crippen LogP contribution < -0.4 is 4.74 Å². The minimum atomic E-state index is -1.45. The lowest BCUT2D eigenvalue weighted by Gasteiger charge is -2.43. The standard InChI is InChI=1S/C21H24O12/c1-10(23)28-9-17-18(29-11(2)24)19(30-12(3)25)20(31-13(4)26)21(33-17)32-15-6-5-14(8-22)16(27)7-15/h5-8,17-21,27H,9H2,1-4H3/t17-,18-,19+,20-,21-/m1/s1. The highest BCUT2D eigenvalue weighted by Crippen LogP contribution is 2.32. The van der Waals surface area contributed by atoms with Crippen LogP contribution in [0.4, 0.5) is 0 Å². The van der Waals surface area contributed by atoms with Gasteiger partial charge in [0.15, 0.2) is 18.5 Å². The number of carbonyl (C=O) groups excluding carboxylic acids is 5. The maximum atomic E-state index is 11.8. The molecule has 2 rings (SSSR count). The van der Waals surface area contributed by atoms with Gasteiger partial charge in [0.1, 0.15) is 24.2 Å². The van der Waals surface area contributed by atoms with Crippen molar-refractivity contribution in [3.8, 4) is 11.5 Å². The summed E-state index contributed by atoms with van der Waals surface area (Å²) in [6.45, 7) is 4.04. The first-order valence-electron chi connectivity index (χ1n) is 9.77. The Bertz CT molecular complexity index is 911. The second kappa shape index (κ2) is 11.3. The van der Waals surface area contributed by atoms with Crippen LogP contribution in [0.2, 0.25) is 0 Å². The average Bonchev–Trinajstić information content (AvgIpc) is 2.70. The summed E-state index contributed by atoms with van der Waals surface area (Å²) in [5.41, 5.74) is 0.00361. The van der Waals surface area contributed by atoms with E-state index in [-0.39, 0.29) is 17.1 Å².